The Morgan fingerprint density at radius 2 is 2.00 bits per heavy atom. The van der Waals surface area contributed by atoms with Crippen molar-refractivity contribution in [3.05, 3.63) is 35.9 Å². The van der Waals surface area contributed by atoms with Crippen molar-refractivity contribution < 1.29 is 28.5 Å². The Labute approximate surface area is 153 Å². The molecule has 3 rings (SSSR count). The van der Waals surface area contributed by atoms with Gasteiger partial charge in [0.2, 0.25) is 0 Å². The molecule has 144 valence electrons. The van der Waals surface area contributed by atoms with Gasteiger partial charge in [0.05, 0.1) is 19.6 Å². The average Bonchev–Trinajstić information content (AvgIpc) is 3.06. The van der Waals surface area contributed by atoms with Gasteiger partial charge in [0, 0.05) is 6.04 Å². The van der Waals surface area contributed by atoms with Gasteiger partial charge in [-0.05, 0) is 26.3 Å². The second kappa shape index (κ2) is 8.02. The van der Waals surface area contributed by atoms with Gasteiger partial charge in [-0.3, -0.25) is 4.79 Å². The molecule has 7 heteroatoms. The van der Waals surface area contributed by atoms with Crippen molar-refractivity contribution in [3.63, 3.8) is 0 Å². The first-order valence-electron chi connectivity index (χ1n) is 8.97. The predicted octanol–water partition coefficient (Wildman–Crippen LogP) is 1.73. The van der Waals surface area contributed by atoms with Crippen molar-refractivity contribution in [1.29, 1.82) is 0 Å². The zero-order valence-corrected chi connectivity index (χ0v) is 15.4. The van der Waals surface area contributed by atoms with E-state index in [1.54, 1.807) is 6.92 Å². The highest BCUT2D eigenvalue weighted by Crippen LogP contribution is 2.40. The Bertz CT molecular complexity index is 607. The summed E-state index contributed by atoms with van der Waals surface area (Å²) in [7, 11) is 0. The minimum Gasteiger partial charge on any atom is -0.466 e. The Kier molecular flexibility index (Phi) is 5.94. The molecular formula is C19H27NO6. The smallest absolute Gasteiger partial charge is 0.307 e. The second-order valence-corrected chi connectivity index (χ2v) is 7.00. The first kappa shape index (κ1) is 19.3. The van der Waals surface area contributed by atoms with Crippen LogP contribution in [0.2, 0.25) is 0 Å². The third-order valence-corrected chi connectivity index (χ3v) is 4.44. The highest BCUT2D eigenvalue weighted by atomic mass is 16.8. The Morgan fingerprint density at radius 1 is 1.27 bits per heavy atom. The highest BCUT2D eigenvalue weighted by Gasteiger charge is 2.56. The molecule has 0 aromatic heterocycles. The molecule has 0 saturated carbocycles. The van der Waals surface area contributed by atoms with E-state index >= 15 is 0 Å². The summed E-state index contributed by atoms with van der Waals surface area (Å²) < 4.78 is 28.8. The van der Waals surface area contributed by atoms with Crippen molar-refractivity contribution in [3.8, 4) is 0 Å². The molecule has 0 aliphatic carbocycles. The van der Waals surface area contributed by atoms with Crippen LogP contribution in [0.5, 0.6) is 0 Å². The number of rotatable bonds is 7. The standard InChI is InChI=1S/C19H27NO6/c1-4-22-14(21)10-13(20)15-16(23-11-12-8-6-5-7-9-12)17-18(24-15)26-19(2,3)25-17/h5-9,13,15-18H,4,10-11,20H2,1-3H3/t13-,15?,16+,17-,18-/m0/s1. The fourth-order valence-electron chi connectivity index (χ4n) is 3.33. The fourth-order valence-corrected chi connectivity index (χ4v) is 3.33. The van der Waals surface area contributed by atoms with Crippen LogP contribution in [-0.4, -0.2) is 49.0 Å². The maximum absolute atomic E-state index is 11.8. The summed E-state index contributed by atoms with van der Waals surface area (Å²) in [5, 5.41) is 0. The minimum absolute atomic E-state index is 0.0482. The zero-order chi connectivity index (χ0) is 18.7. The lowest BCUT2D eigenvalue weighted by atomic mass is 10.0. The molecule has 0 amide bonds. The van der Waals surface area contributed by atoms with Gasteiger partial charge in [-0.2, -0.15) is 0 Å². The third-order valence-electron chi connectivity index (χ3n) is 4.44. The summed E-state index contributed by atoms with van der Waals surface area (Å²) in [5.41, 5.74) is 7.26. The topological polar surface area (TPSA) is 89.2 Å². The van der Waals surface area contributed by atoms with E-state index < -0.39 is 36.4 Å². The molecule has 0 bridgehead atoms. The number of hydrogen-bond acceptors (Lipinski definition) is 7. The first-order chi connectivity index (χ1) is 12.4. The third kappa shape index (κ3) is 4.42. The van der Waals surface area contributed by atoms with Crippen molar-refractivity contribution >= 4 is 5.97 Å². The van der Waals surface area contributed by atoms with E-state index in [0.717, 1.165) is 5.56 Å². The summed E-state index contributed by atoms with van der Waals surface area (Å²) in [4.78, 5) is 11.8. The monoisotopic (exact) mass is 365 g/mol. The van der Waals surface area contributed by atoms with Crippen LogP contribution in [-0.2, 0) is 35.1 Å². The summed E-state index contributed by atoms with van der Waals surface area (Å²) in [6.45, 7) is 6.13. The average molecular weight is 365 g/mol. The Morgan fingerprint density at radius 3 is 2.69 bits per heavy atom. The number of ether oxygens (including phenoxy) is 5. The summed E-state index contributed by atoms with van der Waals surface area (Å²) in [6, 6.07) is 9.25. The van der Waals surface area contributed by atoms with E-state index in [1.165, 1.54) is 0 Å². The fraction of sp³-hybridized carbons (Fsp3) is 0.632. The summed E-state index contributed by atoms with van der Waals surface area (Å²) >= 11 is 0. The van der Waals surface area contributed by atoms with Crippen LogP contribution in [0.1, 0.15) is 32.8 Å². The van der Waals surface area contributed by atoms with E-state index in [2.05, 4.69) is 0 Å². The van der Waals surface area contributed by atoms with Crippen LogP contribution in [0, 0.1) is 0 Å². The normalized spacial score (nSPS) is 30.8. The van der Waals surface area contributed by atoms with E-state index in [9.17, 15) is 4.79 Å². The minimum atomic E-state index is -0.750. The molecule has 1 aromatic rings. The number of carbonyl (C=O) groups is 1. The van der Waals surface area contributed by atoms with E-state index in [1.807, 2.05) is 44.2 Å². The van der Waals surface area contributed by atoms with Gasteiger partial charge in [-0.1, -0.05) is 30.3 Å². The highest BCUT2D eigenvalue weighted by molar-refractivity contribution is 5.70. The SMILES string of the molecule is CCOC(=O)C[C@H](N)C1O[C@H]2OC(C)(C)O[C@H]2[C@@H]1OCc1ccccc1. The molecule has 5 atom stereocenters. The van der Waals surface area contributed by atoms with E-state index in [-0.39, 0.29) is 12.4 Å². The van der Waals surface area contributed by atoms with Crippen LogP contribution < -0.4 is 5.73 Å². The molecule has 7 nitrogen and oxygen atoms in total. The molecule has 2 saturated heterocycles. The molecule has 26 heavy (non-hydrogen) atoms. The lowest BCUT2D eigenvalue weighted by Gasteiger charge is -2.29. The number of hydrogen-bond donors (Lipinski definition) is 1. The molecule has 0 spiro atoms. The molecule has 0 radical (unpaired) electrons. The molecule has 2 aliphatic heterocycles. The van der Waals surface area contributed by atoms with Gasteiger partial charge in [0.1, 0.15) is 18.3 Å². The van der Waals surface area contributed by atoms with Gasteiger partial charge in [0.15, 0.2) is 12.1 Å². The maximum Gasteiger partial charge on any atom is 0.307 e. The maximum atomic E-state index is 11.8. The molecule has 1 aromatic carbocycles. The van der Waals surface area contributed by atoms with Gasteiger partial charge in [0.25, 0.3) is 0 Å². The number of esters is 1. The van der Waals surface area contributed by atoms with E-state index in [4.69, 9.17) is 29.4 Å². The lowest BCUT2D eigenvalue weighted by Crippen LogP contribution is -2.47. The first-order valence-corrected chi connectivity index (χ1v) is 8.97. The molecule has 2 heterocycles. The van der Waals surface area contributed by atoms with Crippen molar-refractivity contribution in [1.82, 2.24) is 0 Å². The van der Waals surface area contributed by atoms with Gasteiger partial charge in [-0.25, -0.2) is 0 Å². The number of carbonyl (C=O) groups excluding carboxylic acids is 1. The molecule has 1 unspecified atom stereocenters. The van der Waals surface area contributed by atoms with Gasteiger partial charge >= 0.3 is 5.97 Å². The van der Waals surface area contributed by atoms with Crippen molar-refractivity contribution in [2.75, 3.05) is 6.61 Å². The molecular weight excluding hydrogens is 338 g/mol. The quantitative estimate of drug-likeness (QED) is 0.736. The van der Waals surface area contributed by atoms with Crippen LogP contribution in [0.4, 0.5) is 0 Å². The Hall–Kier alpha value is -1.51. The van der Waals surface area contributed by atoms with E-state index in [0.29, 0.717) is 13.2 Å². The van der Waals surface area contributed by atoms with Gasteiger partial charge in [-0.15, -0.1) is 0 Å². The van der Waals surface area contributed by atoms with Crippen molar-refractivity contribution in [2.24, 2.45) is 5.73 Å². The number of fused-ring (bicyclic) bond motifs is 1. The van der Waals surface area contributed by atoms with Crippen LogP contribution in [0.15, 0.2) is 30.3 Å². The molecule has 2 aliphatic rings. The predicted molar refractivity (Wildman–Crippen MR) is 92.9 cm³/mol. The second-order valence-electron chi connectivity index (χ2n) is 7.00. The lowest BCUT2D eigenvalue weighted by molar-refractivity contribution is -0.221. The number of nitrogens with two attached hydrogens (primary N) is 1. The zero-order valence-electron chi connectivity index (χ0n) is 15.4. The van der Waals surface area contributed by atoms with Crippen LogP contribution in [0.25, 0.3) is 0 Å². The van der Waals surface area contributed by atoms with Crippen molar-refractivity contribution in [2.45, 2.75) is 70.2 Å². The Balaban J connectivity index is 1.69. The van der Waals surface area contributed by atoms with Crippen LogP contribution in [0.3, 0.4) is 0 Å². The largest absolute Gasteiger partial charge is 0.466 e. The summed E-state index contributed by atoms with van der Waals surface area (Å²) in [5.74, 6) is -1.11. The van der Waals surface area contributed by atoms with Crippen LogP contribution >= 0.6 is 0 Å². The molecule has 2 N–H and O–H groups in total. The number of benzene rings is 1. The van der Waals surface area contributed by atoms with Gasteiger partial charge < -0.3 is 29.4 Å². The molecule has 2 fully saturated rings. The summed E-state index contributed by atoms with van der Waals surface area (Å²) in [6.07, 6.45) is -1.87.